The van der Waals surface area contributed by atoms with Gasteiger partial charge >= 0.3 is 0 Å². The monoisotopic (exact) mass is 227 g/mol. The summed E-state index contributed by atoms with van der Waals surface area (Å²) in [5.41, 5.74) is 0.612. The van der Waals surface area contributed by atoms with Crippen molar-refractivity contribution in [3.63, 3.8) is 0 Å². The molecule has 0 atom stereocenters. The molecule has 0 unspecified atom stereocenters. The molecule has 3 heteroatoms. The molecule has 84 valence electrons. The number of hydrogen-bond acceptors (Lipinski definition) is 2. The van der Waals surface area contributed by atoms with Crippen LogP contribution < -0.4 is 4.74 Å². The van der Waals surface area contributed by atoms with Crippen molar-refractivity contribution in [2.75, 3.05) is 7.11 Å². The van der Waals surface area contributed by atoms with E-state index in [4.69, 9.17) is 4.74 Å². The van der Waals surface area contributed by atoms with Gasteiger partial charge in [-0.2, -0.15) is 0 Å². The summed E-state index contributed by atoms with van der Waals surface area (Å²) in [6.07, 6.45) is 0. The Balaban J connectivity index is 2.54. The maximum Gasteiger partial charge on any atom is 0.221 e. The van der Waals surface area contributed by atoms with Gasteiger partial charge in [-0.3, -0.25) is 0 Å². The van der Waals surface area contributed by atoms with Gasteiger partial charge in [-0.1, -0.05) is 18.2 Å². The highest BCUT2D eigenvalue weighted by atomic mass is 19.1. The normalized spacial score (nSPS) is 10.9. The fraction of sp³-hybridized carbons (Fsp3) is 0.0714. The second kappa shape index (κ2) is 3.70. The molecule has 0 aliphatic rings. The first-order chi connectivity index (χ1) is 8.29. The summed E-state index contributed by atoms with van der Waals surface area (Å²) < 4.78 is 18.4. The molecular formula is C14H10FNO. The zero-order valence-electron chi connectivity index (χ0n) is 9.27. The van der Waals surface area contributed by atoms with Crippen molar-refractivity contribution < 1.29 is 9.13 Å². The van der Waals surface area contributed by atoms with E-state index in [-0.39, 0.29) is 5.82 Å². The number of ether oxygens (including phenoxy) is 1. The van der Waals surface area contributed by atoms with Crippen molar-refractivity contribution in [3.05, 3.63) is 48.3 Å². The van der Waals surface area contributed by atoms with E-state index < -0.39 is 0 Å². The Morgan fingerprint density at radius 3 is 2.53 bits per heavy atom. The summed E-state index contributed by atoms with van der Waals surface area (Å²) in [5.74, 6) is 0.237. The Morgan fingerprint density at radius 2 is 1.76 bits per heavy atom. The molecule has 0 spiro atoms. The summed E-state index contributed by atoms with van der Waals surface area (Å²) >= 11 is 0. The van der Waals surface area contributed by atoms with Gasteiger partial charge in [-0.15, -0.1) is 0 Å². The van der Waals surface area contributed by atoms with Crippen LogP contribution in [0.2, 0.25) is 0 Å². The minimum atomic E-state index is -0.290. The zero-order valence-corrected chi connectivity index (χ0v) is 9.27. The number of methoxy groups -OCH3 is 1. The Bertz CT molecular complexity index is 709. The minimum absolute atomic E-state index is 0.290. The number of nitrogens with zero attached hydrogens (tertiary/aromatic N) is 1. The lowest BCUT2D eigenvalue weighted by atomic mass is 10.1. The van der Waals surface area contributed by atoms with Crippen LogP contribution in [0.1, 0.15) is 0 Å². The van der Waals surface area contributed by atoms with Gasteiger partial charge in [0.2, 0.25) is 5.88 Å². The number of fused-ring (bicyclic) bond motifs is 3. The minimum Gasteiger partial charge on any atom is -0.481 e. The first-order valence-corrected chi connectivity index (χ1v) is 5.31. The predicted molar refractivity (Wildman–Crippen MR) is 65.8 cm³/mol. The molecule has 0 fully saturated rings. The zero-order chi connectivity index (χ0) is 11.8. The molecule has 3 rings (SSSR count). The third-order valence-electron chi connectivity index (χ3n) is 2.82. The van der Waals surface area contributed by atoms with Gasteiger partial charge in [0.25, 0.3) is 0 Å². The highest BCUT2D eigenvalue weighted by Crippen LogP contribution is 2.30. The van der Waals surface area contributed by atoms with Gasteiger partial charge in [-0.25, -0.2) is 9.37 Å². The maximum atomic E-state index is 13.2. The van der Waals surface area contributed by atoms with E-state index >= 15 is 0 Å². The van der Waals surface area contributed by atoms with E-state index in [0.717, 1.165) is 16.2 Å². The van der Waals surface area contributed by atoms with Gasteiger partial charge in [0.15, 0.2) is 0 Å². The summed E-state index contributed by atoms with van der Waals surface area (Å²) in [5, 5.41) is 2.89. The molecule has 3 aromatic rings. The second-order valence-electron chi connectivity index (χ2n) is 3.83. The van der Waals surface area contributed by atoms with Crippen molar-refractivity contribution >= 4 is 21.7 Å². The summed E-state index contributed by atoms with van der Waals surface area (Å²) in [7, 11) is 1.57. The van der Waals surface area contributed by atoms with Gasteiger partial charge < -0.3 is 4.74 Å². The van der Waals surface area contributed by atoms with Crippen LogP contribution in [0, 0.1) is 5.82 Å². The van der Waals surface area contributed by atoms with Crippen molar-refractivity contribution in [3.8, 4) is 5.88 Å². The van der Waals surface area contributed by atoms with Crippen molar-refractivity contribution in [2.45, 2.75) is 0 Å². The molecule has 0 aliphatic heterocycles. The van der Waals surface area contributed by atoms with Crippen LogP contribution in [0.15, 0.2) is 42.5 Å². The van der Waals surface area contributed by atoms with Crippen LogP contribution in [-0.2, 0) is 0 Å². The lowest BCUT2D eigenvalue weighted by Crippen LogP contribution is -1.91. The van der Waals surface area contributed by atoms with Crippen molar-refractivity contribution in [1.29, 1.82) is 0 Å². The molecule has 0 N–H and O–H groups in total. The largest absolute Gasteiger partial charge is 0.481 e. The first-order valence-electron chi connectivity index (χ1n) is 5.31. The molecule has 0 aliphatic carbocycles. The molecule has 2 nitrogen and oxygen atoms in total. The van der Waals surface area contributed by atoms with E-state index in [0.29, 0.717) is 11.4 Å². The summed E-state index contributed by atoms with van der Waals surface area (Å²) in [6.45, 7) is 0. The van der Waals surface area contributed by atoms with Gasteiger partial charge in [0, 0.05) is 16.8 Å². The Kier molecular flexibility index (Phi) is 2.18. The van der Waals surface area contributed by atoms with Crippen LogP contribution in [0.5, 0.6) is 5.88 Å². The molecule has 1 heterocycles. The van der Waals surface area contributed by atoms with E-state index in [1.807, 2.05) is 24.3 Å². The molecule has 2 aromatic carbocycles. The highest BCUT2D eigenvalue weighted by molar-refractivity contribution is 6.07. The number of rotatable bonds is 1. The number of aromatic nitrogens is 1. The lowest BCUT2D eigenvalue weighted by Gasteiger charge is -2.07. The highest BCUT2D eigenvalue weighted by Gasteiger charge is 2.08. The summed E-state index contributed by atoms with van der Waals surface area (Å²) in [6, 6.07) is 12.4. The number of halogens is 1. The average molecular weight is 227 g/mol. The SMILES string of the molecule is COc1nc2cc(F)ccc2c2ccccc12. The van der Waals surface area contributed by atoms with Gasteiger partial charge in [-0.05, 0) is 23.6 Å². The van der Waals surface area contributed by atoms with Gasteiger partial charge in [0.1, 0.15) is 5.82 Å². The Morgan fingerprint density at radius 1 is 1.00 bits per heavy atom. The molecule has 0 amide bonds. The lowest BCUT2D eigenvalue weighted by molar-refractivity contribution is 0.405. The maximum absolute atomic E-state index is 13.2. The van der Waals surface area contributed by atoms with Crippen molar-refractivity contribution in [1.82, 2.24) is 4.98 Å². The molecular weight excluding hydrogens is 217 g/mol. The second-order valence-corrected chi connectivity index (χ2v) is 3.83. The predicted octanol–water partition coefficient (Wildman–Crippen LogP) is 3.54. The van der Waals surface area contributed by atoms with Crippen LogP contribution in [0.4, 0.5) is 4.39 Å². The van der Waals surface area contributed by atoms with E-state index in [2.05, 4.69) is 4.98 Å². The quantitative estimate of drug-likeness (QED) is 0.593. The van der Waals surface area contributed by atoms with Crippen molar-refractivity contribution in [2.24, 2.45) is 0 Å². The van der Waals surface area contributed by atoms with Crippen LogP contribution >= 0.6 is 0 Å². The molecule has 17 heavy (non-hydrogen) atoms. The van der Waals surface area contributed by atoms with Gasteiger partial charge in [0.05, 0.1) is 12.6 Å². The van der Waals surface area contributed by atoms with Crippen LogP contribution in [0.25, 0.3) is 21.7 Å². The topological polar surface area (TPSA) is 22.1 Å². The smallest absolute Gasteiger partial charge is 0.221 e. The van der Waals surface area contributed by atoms with E-state index in [1.54, 1.807) is 13.2 Å². The molecule has 1 aromatic heterocycles. The van der Waals surface area contributed by atoms with E-state index in [9.17, 15) is 4.39 Å². The fourth-order valence-electron chi connectivity index (χ4n) is 2.05. The Hall–Kier alpha value is -2.16. The average Bonchev–Trinajstić information content (AvgIpc) is 2.37. The summed E-state index contributed by atoms with van der Waals surface area (Å²) in [4.78, 5) is 4.32. The molecule has 0 radical (unpaired) electrons. The third-order valence-corrected chi connectivity index (χ3v) is 2.82. The number of pyridine rings is 1. The fourth-order valence-corrected chi connectivity index (χ4v) is 2.05. The third kappa shape index (κ3) is 1.51. The number of benzene rings is 2. The Labute approximate surface area is 97.7 Å². The molecule has 0 saturated carbocycles. The van der Waals surface area contributed by atoms with Crippen LogP contribution in [0.3, 0.4) is 0 Å². The molecule has 0 saturated heterocycles. The first kappa shape index (κ1) is 10.0. The standard InChI is InChI=1S/C14H10FNO/c1-17-14-12-5-3-2-4-10(12)11-7-6-9(15)8-13(11)16-14/h2-8H,1H3. The molecule has 0 bridgehead atoms. The van der Waals surface area contributed by atoms with Crippen LogP contribution in [-0.4, -0.2) is 12.1 Å². The van der Waals surface area contributed by atoms with E-state index in [1.165, 1.54) is 12.1 Å². The number of hydrogen-bond donors (Lipinski definition) is 0.